The maximum absolute atomic E-state index is 13.0. The minimum Gasteiger partial charge on any atom is -0.353 e. The SMILES string of the molecule is Cn1cccc1C1CCCCCN1C(=O)/C=C/c1cn(Cc2ccccc2)nn1. The quantitative estimate of drug-likeness (QED) is 0.623. The number of amides is 1. The van der Waals surface area contributed by atoms with Gasteiger partial charge in [-0.3, -0.25) is 4.79 Å². The lowest BCUT2D eigenvalue weighted by molar-refractivity contribution is -0.128. The molecule has 1 aliphatic heterocycles. The van der Waals surface area contributed by atoms with Gasteiger partial charge in [0.1, 0.15) is 5.69 Å². The van der Waals surface area contributed by atoms with Crippen molar-refractivity contribution in [1.29, 1.82) is 0 Å². The summed E-state index contributed by atoms with van der Waals surface area (Å²) in [5, 5.41) is 8.35. The lowest BCUT2D eigenvalue weighted by Crippen LogP contribution is -2.34. The molecule has 0 aliphatic carbocycles. The molecule has 150 valence electrons. The molecular formula is C23H27N5O. The molecule has 1 amide bonds. The maximum Gasteiger partial charge on any atom is 0.247 e. The second kappa shape index (κ2) is 8.90. The summed E-state index contributed by atoms with van der Waals surface area (Å²) in [6, 6.07) is 14.4. The number of nitrogens with zero attached hydrogens (tertiary/aromatic N) is 5. The summed E-state index contributed by atoms with van der Waals surface area (Å²) < 4.78 is 3.91. The van der Waals surface area contributed by atoms with E-state index in [2.05, 4.69) is 33.1 Å². The van der Waals surface area contributed by atoms with Gasteiger partial charge in [-0.15, -0.1) is 5.10 Å². The van der Waals surface area contributed by atoms with E-state index in [4.69, 9.17) is 0 Å². The summed E-state index contributed by atoms with van der Waals surface area (Å²) in [5.74, 6) is 0.0377. The molecule has 3 aromatic rings. The number of hydrogen-bond donors (Lipinski definition) is 0. The Morgan fingerprint density at radius 3 is 2.79 bits per heavy atom. The fourth-order valence-corrected chi connectivity index (χ4v) is 3.99. The molecule has 6 nitrogen and oxygen atoms in total. The summed E-state index contributed by atoms with van der Waals surface area (Å²) in [6.07, 6.45) is 11.7. The van der Waals surface area contributed by atoms with Gasteiger partial charge in [-0.05, 0) is 36.6 Å². The van der Waals surface area contributed by atoms with E-state index in [1.165, 1.54) is 17.7 Å². The summed E-state index contributed by atoms with van der Waals surface area (Å²) in [7, 11) is 2.05. The van der Waals surface area contributed by atoms with Crippen LogP contribution in [0.4, 0.5) is 0 Å². The molecule has 0 spiro atoms. The normalized spacial score (nSPS) is 17.6. The van der Waals surface area contributed by atoms with Gasteiger partial charge in [0.2, 0.25) is 5.91 Å². The first-order chi connectivity index (χ1) is 14.2. The van der Waals surface area contributed by atoms with Gasteiger partial charge in [0.05, 0.1) is 18.8 Å². The van der Waals surface area contributed by atoms with Crippen molar-refractivity contribution in [3.8, 4) is 0 Å². The first kappa shape index (κ1) is 19.2. The van der Waals surface area contributed by atoms with Gasteiger partial charge in [0, 0.05) is 31.6 Å². The molecule has 0 bridgehead atoms. The second-order valence-corrected chi connectivity index (χ2v) is 7.60. The molecule has 29 heavy (non-hydrogen) atoms. The molecule has 1 aromatic carbocycles. The van der Waals surface area contributed by atoms with Crippen LogP contribution in [0.1, 0.15) is 48.7 Å². The van der Waals surface area contributed by atoms with Gasteiger partial charge in [-0.2, -0.15) is 0 Å². The maximum atomic E-state index is 13.0. The lowest BCUT2D eigenvalue weighted by Gasteiger charge is -2.29. The molecule has 0 saturated carbocycles. The van der Waals surface area contributed by atoms with Crippen LogP contribution in [0, 0.1) is 0 Å². The zero-order valence-corrected chi connectivity index (χ0v) is 16.8. The van der Waals surface area contributed by atoms with Crippen molar-refractivity contribution in [2.75, 3.05) is 6.54 Å². The van der Waals surface area contributed by atoms with Crippen molar-refractivity contribution in [3.63, 3.8) is 0 Å². The Labute approximate surface area is 171 Å². The Bertz CT molecular complexity index is 972. The Hall–Kier alpha value is -3.15. The van der Waals surface area contributed by atoms with Crippen LogP contribution in [0.5, 0.6) is 0 Å². The third-order valence-corrected chi connectivity index (χ3v) is 5.50. The number of carbonyl (C=O) groups excluding carboxylic acids is 1. The van der Waals surface area contributed by atoms with E-state index in [1.54, 1.807) is 16.8 Å². The Morgan fingerprint density at radius 2 is 2.00 bits per heavy atom. The van der Waals surface area contributed by atoms with Crippen molar-refractivity contribution in [2.45, 2.75) is 38.3 Å². The summed E-state index contributed by atoms with van der Waals surface area (Å²) >= 11 is 0. The van der Waals surface area contributed by atoms with E-state index in [-0.39, 0.29) is 11.9 Å². The lowest BCUT2D eigenvalue weighted by atomic mass is 10.1. The standard InChI is InChI=1S/C23H27N5O/c1-26-15-8-12-21(26)22-11-6-3-7-16-28(22)23(29)14-13-20-18-27(25-24-20)17-19-9-4-2-5-10-19/h2,4-5,8-10,12-15,18,22H,3,6-7,11,16-17H2,1H3/b14-13+. The summed E-state index contributed by atoms with van der Waals surface area (Å²) in [4.78, 5) is 15.0. The van der Waals surface area contributed by atoms with Gasteiger partial charge in [0.25, 0.3) is 0 Å². The fraction of sp³-hybridized carbons (Fsp3) is 0.348. The monoisotopic (exact) mass is 389 g/mol. The number of rotatable bonds is 5. The van der Waals surface area contributed by atoms with Crippen molar-refractivity contribution < 1.29 is 4.79 Å². The van der Waals surface area contributed by atoms with Gasteiger partial charge < -0.3 is 9.47 Å². The van der Waals surface area contributed by atoms with Crippen LogP contribution in [0.25, 0.3) is 6.08 Å². The molecule has 6 heteroatoms. The van der Waals surface area contributed by atoms with Gasteiger partial charge >= 0.3 is 0 Å². The molecule has 0 radical (unpaired) electrons. The third kappa shape index (κ3) is 4.65. The number of likely N-dealkylation sites (tertiary alicyclic amines) is 1. The topological polar surface area (TPSA) is 56.0 Å². The van der Waals surface area contributed by atoms with Crippen LogP contribution in [0.2, 0.25) is 0 Å². The molecular weight excluding hydrogens is 362 g/mol. The predicted molar refractivity (Wildman–Crippen MR) is 113 cm³/mol. The van der Waals surface area contributed by atoms with E-state index in [0.717, 1.165) is 25.8 Å². The number of carbonyl (C=O) groups is 1. The first-order valence-corrected chi connectivity index (χ1v) is 10.2. The first-order valence-electron chi connectivity index (χ1n) is 10.2. The predicted octanol–water partition coefficient (Wildman–Crippen LogP) is 3.82. The molecule has 4 rings (SSSR count). The fourth-order valence-electron chi connectivity index (χ4n) is 3.99. The molecule has 1 aliphatic rings. The molecule has 2 aromatic heterocycles. The highest BCUT2D eigenvalue weighted by atomic mass is 16.2. The van der Waals surface area contributed by atoms with Gasteiger partial charge in [0.15, 0.2) is 0 Å². The highest BCUT2D eigenvalue weighted by molar-refractivity contribution is 5.91. The molecule has 1 fully saturated rings. The highest BCUT2D eigenvalue weighted by Crippen LogP contribution is 2.30. The summed E-state index contributed by atoms with van der Waals surface area (Å²) in [6.45, 7) is 1.46. The zero-order valence-electron chi connectivity index (χ0n) is 16.8. The Kier molecular flexibility index (Phi) is 5.89. The van der Waals surface area contributed by atoms with Crippen LogP contribution >= 0.6 is 0 Å². The van der Waals surface area contributed by atoms with Crippen LogP contribution < -0.4 is 0 Å². The van der Waals surface area contributed by atoms with E-state index in [0.29, 0.717) is 12.2 Å². The smallest absolute Gasteiger partial charge is 0.247 e. The number of hydrogen-bond acceptors (Lipinski definition) is 3. The van der Waals surface area contributed by atoms with Gasteiger partial charge in [-0.25, -0.2) is 4.68 Å². The average molecular weight is 390 g/mol. The second-order valence-electron chi connectivity index (χ2n) is 7.60. The van der Waals surface area contributed by atoms with Crippen molar-refractivity contribution in [2.24, 2.45) is 7.05 Å². The van der Waals surface area contributed by atoms with Gasteiger partial charge in [-0.1, -0.05) is 48.4 Å². The molecule has 1 atom stereocenters. The Balaban J connectivity index is 1.46. The zero-order chi connectivity index (χ0) is 20.1. The highest BCUT2D eigenvalue weighted by Gasteiger charge is 2.26. The van der Waals surface area contributed by atoms with Crippen molar-refractivity contribution in [3.05, 3.63) is 77.9 Å². The molecule has 0 N–H and O–H groups in total. The number of benzene rings is 1. The third-order valence-electron chi connectivity index (χ3n) is 5.50. The van der Waals surface area contributed by atoms with Crippen LogP contribution in [-0.2, 0) is 18.4 Å². The molecule has 1 unspecified atom stereocenters. The number of aryl methyl sites for hydroxylation is 1. The van der Waals surface area contributed by atoms with E-state index in [1.807, 2.05) is 48.6 Å². The average Bonchev–Trinajstić information content (AvgIpc) is 3.28. The van der Waals surface area contributed by atoms with Crippen molar-refractivity contribution >= 4 is 12.0 Å². The van der Waals surface area contributed by atoms with E-state index >= 15 is 0 Å². The van der Waals surface area contributed by atoms with Crippen LogP contribution in [0.15, 0.2) is 60.9 Å². The van der Waals surface area contributed by atoms with E-state index < -0.39 is 0 Å². The molecule has 1 saturated heterocycles. The number of aromatic nitrogens is 4. The summed E-state index contributed by atoms with van der Waals surface area (Å²) in [5.41, 5.74) is 3.06. The Morgan fingerprint density at radius 1 is 1.14 bits per heavy atom. The van der Waals surface area contributed by atoms with Crippen LogP contribution in [-0.4, -0.2) is 36.9 Å². The molecule has 3 heterocycles. The van der Waals surface area contributed by atoms with Crippen molar-refractivity contribution in [1.82, 2.24) is 24.5 Å². The van der Waals surface area contributed by atoms with Crippen LogP contribution in [0.3, 0.4) is 0 Å². The minimum absolute atomic E-state index is 0.0377. The largest absolute Gasteiger partial charge is 0.353 e. The minimum atomic E-state index is 0.0377. The van der Waals surface area contributed by atoms with E-state index in [9.17, 15) is 4.79 Å².